The number of hydrogen-bond acceptors (Lipinski definition) is 5. The number of thiazole rings is 1. The molecule has 0 saturated carbocycles. The van der Waals surface area contributed by atoms with Crippen molar-refractivity contribution < 1.29 is 4.79 Å². The van der Waals surface area contributed by atoms with Gasteiger partial charge in [-0.25, -0.2) is 4.98 Å². The summed E-state index contributed by atoms with van der Waals surface area (Å²) in [6, 6.07) is 12.3. The fraction of sp³-hybridized carbons (Fsp3) is 0.0667. The van der Waals surface area contributed by atoms with Crippen molar-refractivity contribution in [3.8, 4) is 6.07 Å². The van der Waals surface area contributed by atoms with Crippen LogP contribution in [0.4, 0.5) is 0 Å². The number of carbonyl (C=O) groups excluding carboxylic acids is 1. The van der Waals surface area contributed by atoms with Gasteiger partial charge in [0.15, 0.2) is 3.95 Å². The molecule has 7 heteroatoms. The monoisotopic (exact) mass is 326 g/mol. The third-order valence-corrected chi connectivity index (χ3v) is 4.19. The molecule has 2 N–H and O–H groups in total. The largest absolute Gasteiger partial charge is 0.346 e. The lowest BCUT2D eigenvalue weighted by Gasteiger charge is -2.05. The maximum absolute atomic E-state index is 12.0. The summed E-state index contributed by atoms with van der Waals surface area (Å²) in [5, 5.41) is 11.5. The van der Waals surface area contributed by atoms with E-state index in [9.17, 15) is 4.79 Å². The summed E-state index contributed by atoms with van der Waals surface area (Å²) in [6.45, 7) is 0.333. The van der Waals surface area contributed by atoms with Crippen molar-refractivity contribution in [3.63, 3.8) is 0 Å². The first-order valence-electron chi connectivity index (χ1n) is 6.43. The second-order valence-corrected chi connectivity index (χ2v) is 6.21. The van der Waals surface area contributed by atoms with E-state index in [4.69, 9.17) is 17.5 Å². The molecule has 0 spiro atoms. The molecular formula is C15H10N4OS2. The number of carbonyl (C=O) groups is 1. The molecule has 0 unspecified atom stereocenters. The second-order valence-electron chi connectivity index (χ2n) is 4.54. The van der Waals surface area contributed by atoms with Crippen LogP contribution in [0.25, 0.3) is 10.3 Å². The van der Waals surface area contributed by atoms with Crippen LogP contribution in [0.15, 0.2) is 36.4 Å². The molecule has 0 bridgehead atoms. The molecule has 3 rings (SSSR count). The summed E-state index contributed by atoms with van der Waals surface area (Å²) < 4.78 is 0.682. The van der Waals surface area contributed by atoms with Gasteiger partial charge in [0.25, 0.3) is 5.91 Å². The molecule has 2 aromatic heterocycles. The molecule has 108 valence electrons. The van der Waals surface area contributed by atoms with Crippen LogP contribution in [0.2, 0.25) is 0 Å². The maximum Gasteiger partial charge on any atom is 0.251 e. The molecule has 0 aliphatic carbocycles. The predicted molar refractivity (Wildman–Crippen MR) is 87.1 cm³/mol. The number of fused-ring (bicyclic) bond motifs is 1. The molecule has 0 saturated heterocycles. The van der Waals surface area contributed by atoms with Gasteiger partial charge in [-0.2, -0.15) is 5.26 Å². The van der Waals surface area contributed by atoms with Gasteiger partial charge in [-0.15, -0.1) is 0 Å². The summed E-state index contributed by atoms with van der Waals surface area (Å²) >= 11 is 6.48. The van der Waals surface area contributed by atoms with Gasteiger partial charge in [-0.3, -0.25) is 4.79 Å². The number of aromatic amines is 1. The van der Waals surface area contributed by atoms with Crippen molar-refractivity contribution in [1.82, 2.24) is 15.3 Å². The number of amides is 1. The van der Waals surface area contributed by atoms with Gasteiger partial charge >= 0.3 is 0 Å². The van der Waals surface area contributed by atoms with E-state index in [1.54, 1.807) is 24.3 Å². The molecule has 3 aromatic rings. The zero-order valence-electron chi connectivity index (χ0n) is 11.3. The van der Waals surface area contributed by atoms with Crippen molar-refractivity contribution in [2.45, 2.75) is 6.54 Å². The van der Waals surface area contributed by atoms with Gasteiger partial charge in [0.05, 0.1) is 29.4 Å². The lowest BCUT2D eigenvalue weighted by molar-refractivity contribution is 0.0950. The molecular weight excluding hydrogens is 316 g/mol. The lowest BCUT2D eigenvalue weighted by atomic mass is 10.1. The zero-order chi connectivity index (χ0) is 15.5. The normalized spacial score (nSPS) is 10.3. The molecule has 0 aliphatic rings. The van der Waals surface area contributed by atoms with Crippen LogP contribution in [0.1, 0.15) is 21.6 Å². The Bertz CT molecular complexity index is 935. The van der Waals surface area contributed by atoms with Crippen LogP contribution in [0.5, 0.6) is 0 Å². The Hall–Kier alpha value is -2.56. The number of benzene rings is 1. The predicted octanol–water partition coefficient (Wildman–Crippen LogP) is 3.16. The first-order valence-corrected chi connectivity index (χ1v) is 7.65. The van der Waals surface area contributed by atoms with E-state index in [1.165, 1.54) is 11.3 Å². The number of rotatable bonds is 3. The Morgan fingerprint density at radius 1 is 1.32 bits per heavy atom. The van der Waals surface area contributed by atoms with Crippen molar-refractivity contribution in [2.75, 3.05) is 0 Å². The highest BCUT2D eigenvalue weighted by Crippen LogP contribution is 2.17. The highest BCUT2D eigenvalue weighted by molar-refractivity contribution is 7.73. The molecule has 0 aliphatic heterocycles. The molecule has 22 heavy (non-hydrogen) atoms. The summed E-state index contributed by atoms with van der Waals surface area (Å²) in [4.78, 5) is 20.4. The highest BCUT2D eigenvalue weighted by atomic mass is 32.1. The summed E-state index contributed by atoms with van der Waals surface area (Å²) in [6.07, 6.45) is 0. The van der Waals surface area contributed by atoms with E-state index in [2.05, 4.69) is 15.3 Å². The van der Waals surface area contributed by atoms with Gasteiger partial charge in [0, 0.05) is 5.56 Å². The summed E-state index contributed by atoms with van der Waals surface area (Å²) in [7, 11) is 0. The minimum Gasteiger partial charge on any atom is -0.346 e. The molecule has 1 aromatic carbocycles. The van der Waals surface area contributed by atoms with Crippen LogP contribution in [0.3, 0.4) is 0 Å². The first kappa shape index (κ1) is 14.4. The third-order valence-electron chi connectivity index (χ3n) is 3.05. The van der Waals surface area contributed by atoms with Gasteiger partial charge in [-0.1, -0.05) is 11.3 Å². The van der Waals surface area contributed by atoms with Crippen LogP contribution in [0, 0.1) is 15.3 Å². The Morgan fingerprint density at radius 2 is 2.09 bits per heavy atom. The van der Waals surface area contributed by atoms with Crippen LogP contribution >= 0.6 is 23.6 Å². The molecule has 1 amide bonds. The Labute approximate surface area is 135 Å². The average Bonchev–Trinajstić information content (AvgIpc) is 2.92. The quantitative estimate of drug-likeness (QED) is 0.724. The smallest absolute Gasteiger partial charge is 0.251 e. The average molecular weight is 326 g/mol. The maximum atomic E-state index is 12.0. The van der Waals surface area contributed by atoms with Crippen molar-refractivity contribution in [1.29, 1.82) is 5.26 Å². The van der Waals surface area contributed by atoms with E-state index in [1.807, 2.05) is 18.2 Å². The standard InChI is InChI=1S/C15H10N4OS2/c16-7-9-1-3-10(4-2-9)13(20)17-8-11-5-6-12-14(18-11)22-15(21)19-12/h1-6H,8H2,(H,17,20)(H,19,21). The van der Waals surface area contributed by atoms with E-state index >= 15 is 0 Å². The lowest BCUT2D eigenvalue weighted by Crippen LogP contribution is -2.23. The topological polar surface area (TPSA) is 81.6 Å². The van der Waals surface area contributed by atoms with Gasteiger partial charge in [0.2, 0.25) is 0 Å². The number of nitriles is 1. The SMILES string of the molecule is N#Cc1ccc(C(=O)NCc2ccc3[nH]c(=S)sc3n2)cc1. The zero-order valence-corrected chi connectivity index (χ0v) is 12.9. The van der Waals surface area contributed by atoms with Crippen molar-refractivity contribution >= 4 is 39.8 Å². The van der Waals surface area contributed by atoms with E-state index in [0.29, 0.717) is 21.6 Å². The molecule has 0 fully saturated rings. The first-order chi connectivity index (χ1) is 10.7. The minimum atomic E-state index is -0.201. The van der Waals surface area contributed by atoms with Gasteiger partial charge < -0.3 is 10.3 Å². The minimum absolute atomic E-state index is 0.201. The number of nitrogens with one attached hydrogen (secondary N) is 2. The van der Waals surface area contributed by atoms with Crippen LogP contribution in [-0.4, -0.2) is 15.9 Å². The Morgan fingerprint density at radius 3 is 2.82 bits per heavy atom. The van der Waals surface area contributed by atoms with E-state index < -0.39 is 0 Å². The van der Waals surface area contributed by atoms with Crippen LogP contribution < -0.4 is 5.32 Å². The van der Waals surface area contributed by atoms with Gasteiger partial charge in [0.1, 0.15) is 4.83 Å². The number of nitrogens with zero attached hydrogens (tertiary/aromatic N) is 2. The van der Waals surface area contributed by atoms with Crippen LogP contribution in [-0.2, 0) is 6.54 Å². The second kappa shape index (κ2) is 6.05. The van der Waals surface area contributed by atoms with Crippen molar-refractivity contribution in [3.05, 3.63) is 57.2 Å². The molecule has 2 heterocycles. The molecule has 0 atom stereocenters. The molecule has 5 nitrogen and oxygen atoms in total. The molecule has 0 radical (unpaired) electrons. The summed E-state index contributed by atoms with van der Waals surface area (Å²) in [5.41, 5.74) is 2.70. The number of pyridine rings is 1. The highest BCUT2D eigenvalue weighted by Gasteiger charge is 2.07. The third kappa shape index (κ3) is 3.03. The van der Waals surface area contributed by atoms with Gasteiger partial charge in [-0.05, 0) is 48.6 Å². The van der Waals surface area contributed by atoms with E-state index in [0.717, 1.165) is 16.0 Å². The fourth-order valence-electron chi connectivity index (χ4n) is 1.94. The fourth-order valence-corrected chi connectivity index (χ4v) is 3.02. The summed E-state index contributed by atoms with van der Waals surface area (Å²) in [5.74, 6) is -0.201. The Kier molecular flexibility index (Phi) is 3.96. The van der Waals surface area contributed by atoms with Crippen molar-refractivity contribution in [2.24, 2.45) is 0 Å². The number of hydrogen-bond donors (Lipinski definition) is 2. The van der Waals surface area contributed by atoms with E-state index in [-0.39, 0.29) is 5.91 Å². The number of H-pyrrole nitrogens is 1. The Balaban J connectivity index is 1.71. The number of aromatic nitrogens is 2.